The molecule has 10 nitrogen and oxygen atoms in total. The van der Waals surface area contributed by atoms with Gasteiger partial charge in [0.05, 0.1) is 39.4 Å². The third kappa shape index (κ3) is 6.79. The molecular formula is C18H21N3O7S. The van der Waals surface area contributed by atoms with Crippen LogP contribution in [0.2, 0.25) is 0 Å². The number of benzene rings is 1. The van der Waals surface area contributed by atoms with Crippen LogP contribution in [0.4, 0.5) is 0 Å². The maximum atomic E-state index is 11.7. The normalized spacial score (nSPS) is 17.4. The lowest BCUT2D eigenvalue weighted by Crippen LogP contribution is -2.26. The number of carboxylic acid groups (broad SMARTS) is 1. The molecule has 1 atom stereocenters. The van der Waals surface area contributed by atoms with Gasteiger partial charge in [0.15, 0.2) is 16.7 Å². The first-order chi connectivity index (χ1) is 13.9. The van der Waals surface area contributed by atoms with E-state index in [1.54, 1.807) is 25.1 Å². The van der Waals surface area contributed by atoms with Gasteiger partial charge in [0.25, 0.3) is 0 Å². The molecule has 2 rings (SSSR count). The summed E-state index contributed by atoms with van der Waals surface area (Å²) in [5.74, 6) is -1.02. The summed E-state index contributed by atoms with van der Waals surface area (Å²) in [5, 5.41) is 18.6. The monoisotopic (exact) mass is 423 g/mol. The topological polar surface area (TPSA) is 136 Å². The summed E-state index contributed by atoms with van der Waals surface area (Å²) < 4.78 is 15.8. The van der Waals surface area contributed by atoms with Gasteiger partial charge in [-0.2, -0.15) is 5.10 Å². The van der Waals surface area contributed by atoms with E-state index in [0.717, 1.165) is 11.8 Å². The van der Waals surface area contributed by atoms with Crippen LogP contribution in [0.25, 0.3) is 0 Å². The molecule has 0 spiro atoms. The largest absolute Gasteiger partial charge is 0.493 e. The molecule has 1 aromatic rings. The van der Waals surface area contributed by atoms with E-state index in [-0.39, 0.29) is 30.6 Å². The molecule has 1 amide bonds. The van der Waals surface area contributed by atoms with Gasteiger partial charge >= 0.3 is 11.9 Å². The van der Waals surface area contributed by atoms with Crippen molar-refractivity contribution in [3.63, 3.8) is 0 Å². The smallest absolute Gasteiger partial charge is 0.309 e. The van der Waals surface area contributed by atoms with Crippen molar-refractivity contribution in [3.8, 4) is 11.5 Å². The minimum absolute atomic E-state index is 0.0818. The summed E-state index contributed by atoms with van der Waals surface area (Å²) >= 11 is 1.00. The minimum Gasteiger partial charge on any atom is -0.493 e. The number of carbonyl (C=O) groups excluding carboxylic acids is 2. The number of methoxy groups -OCH3 is 1. The van der Waals surface area contributed by atoms with Gasteiger partial charge < -0.3 is 24.6 Å². The van der Waals surface area contributed by atoms with Crippen LogP contribution in [-0.4, -0.2) is 59.9 Å². The summed E-state index contributed by atoms with van der Waals surface area (Å²) in [7, 11) is 1.49. The van der Waals surface area contributed by atoms with Gasteiger partial charge in [-0.3, -0.25) is 14.4 Å². The van der Waals surface area contributed by atoms with Crippen LogP contribution >= 0.6 is 11.8 Å². The summed E-state index contributed by atoms with van der Waals surface area (Å²) in [4.78, 5) is 33.9. The van der Waals surface area contributed by atoms with Crippen molar-refractivity contribution in [2.45, 2.75) is 25.0 Å². The zero-order valence-electron chi connectivity index (χ0n) is 15.9. The second-order valence-corrected chi connectivity index (χ2v) is 6.82. The van der Waals surface area contributed by atoms with E-state index in [1.807, 2.05) is 0 Å². The third-order valence-electron chi connectivity index (χ3n) is 3.57. The number of amidine groups is 1. The first-order valence-corrected chi connectivity index (χ1v) is 9.58. The van der Waals surface area contributed by atoms with Crippen LogP contribution in [0.1, 0.15) is 25.3 Å². The highest BCUT2D eigenvalue weighted by Crippen LogP contribution is 2.30. The Bertz CT molecular complexity index is 826. The number of nitrogens with zero attached hydrogens (tertiary/aromatic N) is 2. The molecule has 1 unspecified atom stereocenters. The van der Waals surface area contributed by atoms with E-state index < -0.39 is 17.1 Å². The predicted octanol–water partition coefficient (Wildman–Crippen LogP) is 1.42. The summed E-state index contributed by atoms with van der Waals surface area (Å²) in [5.41, 5.74) is 0.550. The minimum atomic E-state index is -1.07. The molecule has 1 aliphatic rings. The Balaban J connectivity index is 2.07. The second kappa shape index (κ2) is 11.1. The molecule has 29 heavy (non-hydrogen) atoms. The van der Waals surface area contributed by atoms with Crippen molar-refractivity contribution in [3.05, 3.63) is 23.8 Å². The van der Waals surface area contributed by atoms with Gasteiger partial charge in [0, 0.05) is 5.56 Å². The molecule has 1 saturated heterocycles. The zero-order chi connectivity index (χ0) is 21.2. The number of rotatable bonds is 10. The number of para-hydroxylation sites is 1. The molecule has 0 aliphatic carbocycles. The lowest BCUT2D eigenvalue weighted by Gasteiger charge is -2.12. The Hall–Kier alpha value is -3.08. The number of aliphatic carboxylic acids is 1. The number of thioether (sulfide) groups is 1. The van der Waals surface area contributed by atoms with Crippen LogP contribution in [0, 0.1) is 0 Å². The summed E-state index contributed by atoms with van der Waals surface area (Å²) in [6.45, 7) is 2.12. The number of carboxylic acids is 1. The quantitative estimate of drug-likeness (QED) is 0.328. The van der Waals surface area contributed by atoms with E-state index in [2.05, 4.69) is 15.5 Å². The molecule has 0 aromatic heterocycles. The Morgan fingerprint density at radius 1 is 1.38 bits per heavy atom. The molecule has 1 aliphatic heterocycles. The average molecular weight is 423 g/mol. The fraction of sp³-hybridized carbons (Fsp3) is 0.389. The molecule has 0 radical (unpaired) electrons. The Morgan fingerprint density at radius 3 is 2.86 bits per heavy atom. The van der Waals surface area contributed by atoms with Crippen molar-refractivity contribution in [1.82, 2.24) is 5.32 Å². The zero-order valence-corrected chi connectivity index (χ0v) is 16.7. The van der Waals surface area contributed by atoms with Gasteiger partial charge in [0.2, 0.25) is 5.91 Å². The van der Waals surface area contributed by atoms with Crippen molar-refractivity contribution >= 4 is 41.0 Å². The van der Waals surface area contributed by atoms with Crippen molar-refractivity contribution in [2.75, 3.05) is 20.3 Å². The van der Waals surface area contributed by atoms with Gasteiger partial charge in [-0.25, -0.2) is 0 Å². The number of hydrogen-bond donors (Lipinski definition) is 2. The van der Waals surface area contributed by atoms with Crippen LogP contribution in [0.3, 0.4) is 0 Å². The lowest BCUT2D eigenvalue weighted by molar-refractivity contribution is -0.143. The van der Waals surface area contributed by atoms with E-state index in [9.17, 15) is 14.4 Å². The number of ether oxygens (including phenoxy) is 3. The van der Waals surface area contributed by atoms with Crippen LogP contribution in [0.5, 0.6) is 11.5 Å². The highest BCUT2D eigenvalue weighted by Gasteiger charge is 2.32. The van der Waals surface area contributed by atoms with E-state index >= 15 is 0 Å². The number of amides is 1. The first-order valence-electron chi connectivity index (χ1n) is 8.70. The molecule has 1 aromatic carbocycles. The van der Waals surface area contributed by atoms with Crippen LogP contribution < -0.4 is 14.8 Å². The Kier molecular flexibility index (Phi) is 8.46. The molecular weight excluding hydrogens is 402 g/mol. The lowest BCUT2D eigenvalue weighted by atomic mass is 10.2. The number of nitrogens with one attached hydrogen (secondary N) is 1. The second-order valence-electron chi connectivity index (χ2n) is 5.63. The maximum absolute atomic E-state index is 11.7. The van der Waals surface area contributed by atoms with Crippen LogP contribution in [-0.2, 0) is 19.1 Å². The predicted molar refractivity (Wildman–Crippen MR) is 107 cm³/mol. The van der Waals surface area contributed by atoms with Gasteiger partial charge in [-0.15, -0.1) is 5.10 Å². The molecule has 1 fully saturated rings. The van der Waals surface area contributed by atoms with Gasteiger partial charge in [0.1, 0.15) is 5.25 Å². The van der Waals surface area contributed by atoms with Crippen molar-refractivity contribution < 1.29 is 33.7 Å². The number of carbonyl (C=O) groups is 3. The number of hydrogen-bond acceptors (Lipinski definition) is 9. The number of esters is 1. The molecule has 11 heteroatoms. The summed E-state index contributed by atoms with van der Waals surface area (Å²) in [6.07, 6.45) is 1.19. The summed E-state index contributed by atoms with van der Waals surface area (Å²) in [6, 6.07) is 5.16. The molecule has 1 heterocycles. The first kappa shape index (κ1) is 22.2. The average Bonchev–Trinajstić information content (AvgIpc) is 3.01. The molecule has 156 valence electrons. The third-order valence-corrected chi connectivity index (χ3v) is 4.64. The Labute approximate surface area is 171 Å². The van der Waals surface area contributed by atoms with E-state index in [0.29, 0.717) is 23.7 Å². The van der Waals surface area contributed by atoms with Gasteiger partial charge in [-0.05, 0) is 19.1 Å². The maximum Gasteiger partial charge on any atom is 0.309 e. The van der Waals surface area contributed by atoms with Crippen molar-refractivity contribution in [1.29, 1.82) is 0 Å². The fourth-order valence-corrected chi connectivity index (χ4v) is 3.22. The molecule has 0 saturated carbocycles. The fourth-order valence-electron chi connectivity index (χ4n) is 2.31. The van der Waals surface area contributed by atoms with Crippen LogP contribution in [0.15, 0.2) is 28.4 Å². The highest BCUT2D eigenvalue weighted by molar-refractivity contribution is 8.15. The van der Waals surface area contributed by atoms with E-state index in [4.69, 9.17) is 19.3 Å². The van der Waals surface area contributed by atoms with Gasteiger partial charge in [-0.1, -0.05) is 17.8 Å². The standard InChI is InChI=1S/C18H21N3O7S/c1-3-27-15(24)7-8-28-16-11(5-4-6-12(16)26-2)10-19-21-18-20-17(25)13(29-18)9-14(22)23/h4-6,10,13H,3,7-9H2,1-2H3,(H,22,23)(H,20,21,25). The highest BCUT2D eigenvalue weighted by atomic mass is 32.2. The molecule has 2 N–H and O–H groups in total. The Morgan fingerprint density at radius 2 is 2.17 bits per heavy atom. The van der Waals surface area contributed by atoms with Crippen molar-refractivity contribution in [2.24, 2.45) is 10.2 Å². The SMILES string of the molecule is CCOC(=O)CCOc1c(C=NN=C2NC(=O)C(CC(=O)O)S2)cccc1OC. The van der Waals surface area contributed by atoms with E-state index in [1.165, 1.54) is 13.3 Å². The molecule has 0 bridgehead atoms.